The van der Waals surface area contributed by atoms with Gasteiger partial charge in [-0.3, -0.25) is 4.79 Å². The summed E-state index contributed by atoms with van der Waals surface area (Å²) in [5.41, 5.74) is 0.337. The Labute approximate surface area is 185 Å². The molecule has 0 atom stereocenters. The quantitative estimate of drug-likeness (QED) is 0.346. The summed E-state index contributed by atoms with van der Waals surface area (Å²) in [5, 5.41) is 10.2. The number of carboxylic acid groups (broad SMARTS) is 1. The van der Waals surface area contributed by atoms with Crippen molar-refractivity contribution in [2.45, 2.75) is 62.6 Å². The summed E-state index contributed by atoms with van der Waals surface area (Å²) in [5.74, 6) is -3.15. The van der Waals surface area contributed by atoms with Crippen LogP contribution in [0.15, 0.2) is 29.2 Å². The number of hydrogen-bond donors (Lipinski definition) is 3. The summed E-state index contributed by atoms with van der Waals surface area (Å²) in [6, 6.07) is 6.99. The van der Waals surface area contributed by atoms with Gasteiger partial charge in [-0.15, -0.1) is 0 Å². The second kappa shape index (κ2) is 12.2. The van der Waals surface area contributed by atoms with Gasteiger partial charge in [0.1, 0.15) is 0 Å². The van der Waals surface area contributed by atoms with Crippen molar-refractivity contribution in [2.24, 2.45) is 0 Å². The molecule has 0 radical (unpaired) electrons. The third kappa shape index (κ3) is 9.13. The molecule has 0 aromatic heterocycles. The molecule has 1 aromatic rings. The maximum absolute atomic E-state index is 12.7. The van der Waals surface area contributed by atoms with E-state index in [1.165, 1.54) is 6.42 Å². The highest BCUT2D eigenvalue weighted by atomic mass is 32.2. The molecule has 1 aliphatic heterocycles. The number of aryl methyl sites for hydroxylation is 1. The van der Waals surface area contributed by atoms with Crippen LogP contribution in [0.25, 0.3) is 0 Å². The highest BCUT2D eigenvalue weighted by Crippen LogP contribution is 2.22. The van der Waals surface area contributed by atoms with E-state index in [1.807, 2.05) is 12.1 Å². The van der Waals surface area contributed by atoms with E-state index in [0.29, 0.717) is 13.1 Å². The molecule has 1 heterocycles. The fraction of sp³-hybridized carbons (Fsp3) is 0.600. The monoisotopic (exact) mass is 482 g/mol. The van der Waals surface area contributed by atoms with Gasteiger partial charge in [0.05, 0.1) is 23.5 Å². The van der Waals surface area contributed by atoms with Gasteiger partial charge >= 0.3 is 18.1 Å². The molecule has 12 heteroatoms. The van der Waals surface area contributed by atoms with Crippen LogP contribution in [-0.4, -0.2) is 56.9 Å². The first kappa shape index (κ1) is 27.9. The number of rotatable bonds is 10. The molecule has 1 saturated heterocycles. The molecule has 0 bridgehead atoms. The Morgan fingerprint density at radius 1 is 1.16 bits per heavy atom. The second-order valence-corrected chi connectivity index (χ2v) is 9.06. The van der Waals surface area contributed by atoms with E-state index in [1.54, 1.807) is 19.1 Å². The average Bonchev–Trinajstić information content (AvgIpc) is 2.66. The van der Waals surface area contributed by atoms with E-state index in [2.05, 4.69) is 17.0 Å². The summed E-state index contributed by atoms with van der Waals surface area (Å²) >= 11 is 0. The predicted molar refractivity (Wildman–Crippen MR) is 111 cm³/mol. The van der Waals surface area contributed by atoms with Crippen molar-refractivity contribution < 1.29 is 41.0 Å². The summed E-state index contributed by atoms with van der Waals surface area (Å²) in [6.07, 6.45) is -0.659. The summed E-state index contributed by atoms with van der Waals surface area (Å²) in [6.45, 7) is 5.01. The van der Waals surface area contributed by atoms with Crippen molar-refractivity contribution in [3.05, 3.63) is 29.8 Å². The number of hydrogen-bond acceptors (Lipinski definition) is 6. The number of carboxylic acids is 1. The minimum atomic E-state index is -5.08. The summed E-state index contributed by atoms with van der Waals surface area (Å²) in [4.78, 5) is 20.9. The minimum absolute atomic E-state index is 0.0299. The smallest absolute Gasteiger partial charge is 0.475 e. The van der Waals surface area contributed by atoms with Gasteiger partial charge in [-0.2, -0.15) is 13.2 Å². The molecule has 8 nitrogen and oxygen atoms in total. The van der Waals surface area contributed by atoms with Gasteiger partial charge in [0, 0.05) is 13.1 Å². The number of nitrogens with one attached hydrogen (secondary N) is 2. The molecule has 0 amide bonds. The fourth-order valence-corrected chi connectivity index (χ4v) is 4.31. The van der Waals surface area contributed by atoms with Crippen LogP contribution in [0.1, 0.15) is 45.1 Å². The number of sulfonamides is 1. The third-order valence-electron chi connectivity index (χ3n) is 4.61. The van der Waals surface area contributed by atoms with Crippen molar-refractivity contribution in [3.8, 4) is 0 Å². The molecular weight excluding hydrogens is 453 g/mol. The van der Waals surface area contributed by atoms with Crippen LogP contribution in [0.5, 0.6) is 0 Å². The third-order valence-corrected chi connectivity index (χ3v) is 6.21. The molecule has 0 unspecified atom stereocenters. The largest absolute Gasteiger partial charge is 0.490 e. The molecule has 0 spiro atoms. The van der Waals surface area contributed by atoms with Crippen molar-refractivity contribution in [1.29, 1.82) is 0 Å². The van der Waals surface area contributed by atoms with Crippen molar-refractivity contribution in [3.63, 3.8) is 0 Å². The highest BCUT2D eigenvalue weighted by molar-refractivity contribution is 7.89. The lowest BCUT2D eigenvalue weighted by molar-refractivity contribution is -0.192. The Morgan fingerprint density at radius 2 is 1.72 bits per heavy atom. The molecule has 0 aliphatic carbocycles. The van der Waals surface area contributed by atoms with E-state index in [4.69, 9.17) is 14.6 Å². The van der Waals surface area contributed by atoms with E-state index < -0.39 is 33.7 Å². The SMILES string of the molecule is CCCCCc1ccc(S(=O)(=O)NC2(CC(=O)OCC)CNC2)cc1.O=C(O)C(F)(F)F. The van der Waals surface area contributed by atoms with Crippen LogP contribution in [0.4, 0.5) is 13.2 Å². The second-order valence-electron chi connectivity index (χ2n) is 7.38. The van der Waals surface area contributed by atoms with Gasteiger partial charge in [-0.05, 0) is 37.5 Å². The number of unbranched alkanes of at least 4 members (excludes halogenated alkanes) is 2. The van der Waals surface area contributed by atoms with E-state index in [0.717, 1.165) is 24.8 Å². The predicted octanol–water partition coefficient (Wildman–Crippen LogP) is 2.63. The van der Waals surface area contributed by atoms with Crippen LogP contribution in [0.2, 0.25) is 0 Å². The maximum atomic E-state index is 12.7. The van der Waals surface area contributed by atoms with Crippen LogP contribution in [0.3, 0.4) is 0 Å². The zero-order valence-corrected chi connectivity index (χ0v) is 18.8. The fourth-order valence-electron chi connectivity index (χ4n) is 2.91. The lowest BCUT2D eigenvalue weighted by Crippen LogP contribution is -2.69. The van der Waals surface area contributed by atoms with Crippen molar-refractivity contribution in [2.75, 3.05) is 19.7 Å². The Kier molecular flexibility index (Phi) is 10.6. The lowest BCUT2D eigenvalue weighted by Gasteiger charge is -2.42. The minimum Gasteiger partial charge on any atom is -0.475 e. The number of alkyl halides is 3. The van der Waals surface area contributed by atoms with Gasteiger partial charge in [0.2, 0.25) is 10.0 Å². The first-order valence-corrected chi connectivity index (χ1v) is 11.6. The van der Waals surface area contributed by atoms with E-state index in [9.17, 15) is 26.4 Å². The Morgan fingerprint density at radius 3 is 2.12 bits per heavy atom. The summed E-state index contributed by atoms with van der Waals surface area (Å²) < 4.78 is 64.7. The molecule has 3 N–H and O–H groups in total. The number of carbonyl (C=O) groups is 2. The average molecular weight is 483 g/mol. The number of aliphatic carboxylic acids is 1. The Hall–Kier alpha value is -2.18. The highest BCUT2D eigenvalue weighted by Gasteiger charge is 2.43. The van der Waals surface area contributed by atoms with Crippen LogP contribution in [0, 0.1) is 0 Å². The van der Waals surface area contributed by atoms with Gasteiger partial charge in [-0.25, -0.2) is 17.9 Å². The molecule has 1 aliphatic rings. The Balaban J connectivity index is 0.000000633. The van der Waals surface area contributed by atoms with Gasteiger partial charge in [0.25, 0.3) is 0 Å². The van der Waals surface area contributed by atoms with Gasteiger partial charge < -0.3 is 15.2 Å². The van der Waals surface area contributed by atoms with Crippen LogP contribution < -0.4 is 10.0 Å². The number of esters is 1. The van der Waals surface area contributed by atoms with Crippen LogP contribution >= 0.6 is 0 Å². The molecule has 2 rings (SSSR count). The van der Waals surface area contributed by atoms with E-state index >= 15 is 0 Å². The molecule has 182 valence electrons. The number of benzene rings is 1. The number of ether oxygens (including phenoxy) is 1. The van der Waals surface area contributed by atoms with Gasteiger partial charge in [0.15, 0.2) is 0 Å². The van der Waals surface area contributed by atoms with E-state index in [-0.39, 0.29) is 17.9 Å². The first-order valence-electron chi connectivity index (χ1n) is 10.1. The Bertz CT molecular complexity index is 853. The molecular formula is C20H29F3N2O6S. The lowest BCUT2D eigenvalue weighted by atomic mass is 9.90. The molecule has 0 saturated carbocycles. The summed E-state index contributed by atoms with van der Waals surface area (Å²) in [7, 11) is -3.68. The topological polar surface area (TPSA) is 122 Å². The molecule has 1 aromatic carbocycles. The zero-order valence-electron chi connectivity index (χ0n) is 18.0. The zero-order chi connectivity index (χ0) is 24.4. The first-order chi connectivity index (χ1) is 14.8. The van der Waals surface area contributed by atoms with Gasteiger partial charge in [-0.1, -0.05) is 31.9 Å². The van der Waals surface area contributed by atoms with Crippen molar-refractivity contribution in [1.82, 2.24) is 10.0 Å². The maximum Gasteiger partial charge on any atom is 0.490 e. The normalized spacial score (nSPS) is 15.2. The number of carbonyl (C=O) groups excluding carboxylic acids is 1. The standard InChI is InChI=1S/C18H28N2O4S.C2HF3O2/c1-3-5-6-7-15-8-10-16(11-9-15)25(22,23)20-18(13-19-14-18)12-17(21)24-4-2;3-2(4,5)1(6)7/h8-11,19-20H,3-7,12-14H2,1-2H3;(H,6,7). The molecule has 32 heavy (non-hydrogen) atoms. The van der Waals surface area contributed by atoms with Crippen molar-refractivity contribution >= 4 is 22.0 Å². The van der Waals surface area contributed by atoms with Crippen LogP contribution in [-0.2, 0) is 30.8 Å². The number of halogens is 3. The molecule has 1 fully saturated rings.